The lowest BCUT2D eigenvalue weighted by Crippen LogP contribution is -2.02. The Morgan fingerprint density at radius 2 is 1.93 bits per heavy atom. The van der Waals surface area contributed by atoms with E-state index in [2.05, 4.69) is 65.3 Å². The second-order valence-corrected chi connectivity index (χ2v) is 5.13. The van der Waals surface area contributed by atoms with Crippen LogP contribution in [0.3, 0.4) is 0 Å². The van der Waals surface area contributed by atoms with Crippen molar-refractivity contribution in [2.45, 2.75) is 33.7 Å². The molecule has 0 fully saturated rings. The molecule has 2 rings (SSSR count). The smallest absolute Gasteiger partial charge is 0.106 e. The minimum atomic E-state index is 0.448. The first-order chi connectivity index (χ1) is 7.00. The summed E-state index contributed by atoms with van der Waals surface area (Å²) in [6.45, 7) is 8.53. The van der Waals surface area contributed by atoms with Crippen molar-refractivity contribution in [1.29, 1.82) is 0 Å². The third-order valence-electron chi connectivity index (χ3n) is 2.64. The van der Waals surface area contributed by atoms with Crippen molar-refractivity contribution >= 4 is 27.0 Å². The molecule has 0 amide bonds. The fourth-order valence-corrected chi connectivity index (χ4v) is 2.65. The Balaban J connectivity index is 2.86. The molecule has 0 spiro atoms. The molecule has 0 aliphatic heterocycles. The first-order valence-electron chi connectivity index (χ1n) is 5.15. The molecule has 0 saturated heterocycles. The number of benzene rings is 1. The molecule has 0 bridgehead atoms. The van der Waals surface area contributed by atoms with Crippen LogP contribution in [0.2, 0.25) is 0 Å². The van der Waals surface area contributed by atoms with E-state index in [9.17, 15) is 0 Å². The van der Waals surface area contributed by atoms with Gasteiger partial charge in [-0.25, -0.2) is 4.98 Å². The third-order valence-corrected chi connectivity index (χ3v) is 3.10. The predicted molar refractivity (Wildman–Crippen MR) is 67.3 cm³/mol. The lowest BCUT2D eigenvalue weighted by atomic mass is 10.2. The molecule has 15 heavy (non-hydrogen) atoms. The zero-order chi connectivity index (χ0) is 11.2. The summed E-state index contributed by atoms with van der Waals surface area (Å²) in [6, 6.07) is 4.70. The molecule has 0 unspecified atom stereocenters. The van der Waals surface area contributed by atoms with E-state index in [1.165, 1.54) is 11.1 Å². The number of hydrogen-bond donors (Lipinski definition) is 0. The van der Waals surface area contributed by atoms with Crippen LogP contribution in [0.1, 0.15) is 31.3 Å². The van der Waals surface area contributed by atoms with Gasteiger partial charge in [0.2, 0.25) is 0 Å². The van der Waals surface area contributed by atoms with Crippen molar-refractivity contribution in [1.82, 2.24) is 9.55 Å². The van der Waals surface area contributed by atoms with Gasteiger partial charge in [-0.15, -0.1) is 0 Å². The van der Waals surface area contributed by atoms with Gasteiger partial charge in [-0.2, -0.15) is 0 Å². The maximum absolute atomic E-state index is 4.62. The second-order valence-electron chi connectivity index (χ2n) is 4.21. The fourth-order valence-electron chi connectivity index (χ4n) is 2.09. The molecule has 2 aromatic rings. The minimum Gasteiger partial charge on any atom is -0.326 e. The van der Waals surface area contributed by atoms with E-state index in [1.807, 2.05) is 0 Å². The van der Waals surface area contributed by atoms with E-state index in [-0.39, 0.29) is 0 Å². The van der Waals surface area contributed by atoms with Crippen LogP contribution in [0.5, 0.6) is 0 Å². The molecular weight excluding hydrogens is 252 g/mol. The molecule has 2 nitrogen and oxygen atoms in total. The standard InChI is InChI=1S/C12H15BrN2/c1-7(2)15-9(4)14-12-8(3)5-10(13)6-11(12)15/h5-7H,1-4H3. The molecule has 3 heteroatoms. The molecule has 0 radical (unpaired) electrons. The number of halogens is 1. The van der Waals surface area contributed by atoms with Crippen molar-refractivity contribution in [2.75, 3.05) is 0 Å². The zero-order valence-electron chi connectivity index (χ0n) is 9.50. The highest BCUT2D eigenvalue weighted by Gasteiger charge is 2.12. The number of rotatable bonds is 1. The van der Waals surface area contributed by atoms with Gasteiger partial charge in [0.1, 0.15) is 5.82 Å². The van der Waals surface area contributed by atoms with Gasteiger partial charge in [-0.05, 0) is 45.4 Å². The van der Waals surface area contributed by atoms with Crippen LogP contribution in [0.25, 0.3) is 11.0 Å². The van der Waals surface area contributed by atoms with Gasteiger partial charge in [0.25, 0.3) is 0 Å². The SMILES string of the molecule is Cc1cc(Br)cc2c1nc(C)n2C(C)C. The monoisotopic (exact) mass is 266 g/mol. The summed E-state index contributed by atoms with van der Waals surface area (Å²) in [5.41, 5.74) is 3.56. The Hall–Kier alpha value is -0.830. The topological polar surface area (TPSA) is 17.8 Å². The van der Waals surface area contributed by atoms with E-state index in [0.29, 0.717) is 6.04 Å². The van der Waals surface area contributed by atoms with E-state index in [4.69, 9.17) is 0 Å². The van der Waals surface area contributed by atoms with Crippen LogP contribution in [-0.2, 0) is 0 Å². The van der Waals surface area contributed by atoms with Crippen molar-refractivity contribution in [3.8, 4) is 0 Å². The molecule has 1 heterocycles. The Kier molecular flexibility index (Phi) is 2.59. The Bertz CT molecular complexity index is 512. The van der Waals surface area contributed by atoms with E-state index >= 15 is 0 Å². The zero-order valence-corrected chi connectivity index (χ0v) is 11.1. The summed E-state index contributed by atoms with van der Waals surface area (Å²) >= 11 is 3.53. The number of aryl methyl sites for hydroxylation is 2. The van der Waals surface area contributed by atoms with Crippen LogP contribution >= 0.6 is 15.9 Å². The van der Waals surface area contributed by atoms with Crippen LogP contribution in [-0.4, -0.2) is 9.55 Å². The average Bonchev–Trinajstić information content (AvgIpc) is 2.41. The summed E-state index contributed by atoms with van der Waals surface area (Å²) in [7, 11) is 0. The summed E-state index contributed by atoms with van der Waals surface area (Å²) in [5.74, 6) is 1.08. The van der Waals surface area contributed by atoms with Crippen LogP contribution in [0.15, 0.2) is 16.6 Å². The Morgan fingerprint density at radius 3 is 2.53 bits per heavy atom. The highest BCUT2D eigenvalue weighted by Crippen LogP contribution is 2.26. The lowest BCUT2D eigenvalue weighted by Gasteiger charge is -2.10. The van der Waals surface area contributed by atoms with Gasteiger partial charge < -0.3 is 4.57 Å². The molecule has 1 aromatic heterocycles. The summed E-state index contributed by atoms with van der Waals surface area (Å²) < 4.78 is 3.39. The number of hydrogen-bond acceptors (Lipinski definition) is 1. The summed E-state index contributed by atoms with van der Waals surface area (Å²) in [6.07, 6.45) is 0. The molecule has 0 saturated carbocycles. The number of nitrogens with zero attached hydrogens (tertiary/aromatic N) is 2. The minimum absolute atomic E-state index is 0.448. The second kappa shape index (κ2) is 3.63. The normalized spacial score (nSPS) is 11.6. The first kappa shape index (κ1) is 10.7. The van der Waals surface area contributed by atoms with Gasteiger partial charge in [-0.1, -0.05) is 15.9 Å². The Labute approximate surface area is 98.4 Å². The highest BCUT2D eigenvalue weighted by molar-refractivity contribution is 9.10. The van der Waals surface area contributed by atoms with E-state index < -0.39 is 0 Å². The molecule has 0 N–H and O–H groups in total. The van der Waals surface area contributed by atoms with Crippen LogP contribution in [0, 0.1) is 13.8 Å². The molecule has 0 atom stereocenters. The van der Waals surface area contributed by atoms with Gasteiger partial charge >= 0.3 is 0 Å². The number of imidazole rings is 1. The quantitative estimate of drug-likeness (QED) is 0.763. The maximum atomic E-state index is 4.62. The third kappa shape index (κ3) is 1.69. The largest absolute Gasteiger partial charge is 0.326 e. The lowest BCUT2D eigenvalue weighted by molar-refractivity contribution is 0.600. The molecule has 80 valence electrons. The van der Waals surface area contributed by atoms with Crippen molar-refractivity contribution in [2.24, 2.45) is 0 Å². The maximum Gasteiger partial charge on any atom is 0.106 e. The molecule has 1 aromatic carbocycles. The highest BCUT2D eigenvalue weighted by atomic mass is 79.9. The first-order valence-corrected chi connectivity index (χ1v) is 5.94. The number of fused-ring (bicyclic) bond motifs is 1. The van der Waals surface area contributed by atoms with Gasteiger partial charge in [0.15, 0.2) is 0 Å². The summed E-state index contributed by atoms with van der Waals surface area (Å²) in [4.78, 5) is 4.62. The predicted octanol–water partition coefficient (Wildman–Crippen LogP) is 4.00. The molecular formula is C12H15BrN2. The van der Waals surface area contributed by atoms with Crippen LogP contribution < -0.4 is 0 Å². The van der Waals surface area contributed by atoms with Crippen LogP contribution in [0.4, 0.5) is 0 Å². The van der Waals surface area contributed by atoms with Crippen molar-refractivity contribution in [3.05, 3.63) is 28.0 Å². The van der Waals surface area contributed by atoms with Crippen molar-refractivity contribution in [3.63, 3.8) is 0 Å². The number of aromatic nitrogens is 2. The molecule has 0 aliphatic rings. The Morgan fingerprint density at radius 1 is 1.27 bits per heavy atom. The van der Waals surface area contributed by atoms with E-state index in [0.717, 1.165) is 15.8 Å². The average molecular weight is 267 g/mol. The van der Waals surface area contributed by atoms with Gasteiger partial charge in [-0.3, -0.25) is 0 Å². The van der Waals surface area contributed by atoms with Gasteiger partial charge in [0, 0.05) is 10.5 Å². The fraction of sp³-hybridized carbons (Fsp3) is 0.417. The molecule has 0 aliphatic carbocycles. The van der Waals surface area contributed by atoms with Crippen molar-refractivity contribution < 1.29 is 0 Å². The summed E-state index contributed by atoms with van der Waals surface area (Å²) in [5, 5.41) is 0. The van der Waals surface area contributed by atoms with E-state index in [1.54, 1.807) is 0 Å². The van der Waals surface area contributed by atoms with Gasteiger partial charge in [0.05, 0.1) is 11.0 Å².